The Labute approximate surface area is 140 Å². The van der Waals surface area contributed by atoms with Crippen LogP contribution in [0.15, 0.2) is 6.07 Å². The summed E-state index contributed by atoms with van der Waals surface area (Å²) in [6.07, 6.45) is 1.76. The second-order valence-corrected chi connectivity index (χ2v) is 5.88. The normalized spacial score (nSPS) is 10.9. The van der Waals surface area contributed by atoms with Crippen molar-refractivity contribution in [3.8, 4) is 0 Å². The van der Waals surface area contributed by atoms with E-state index in [1.165, 1.54) is 6.07 Å². The average molecular weight is 337 g/mol. The van der Waals surface area contributed by atoms with Crippen LogP contribution < -0.4 is 5.32 Å². The summed E-state index contributed by atoms with van der Waals surface area (Å²) in [7, 11) is 0. The number of nitro benzene ring substituents is 2. The number of hydrogen-bond acceptors (Lipinski definition) is 6. The Balaban J connectivity index is 3.80. The highest BCUT2D eigenvalue weighted by Gasteiger charge is 2.33. The van der Waals surface area contributed by atoms with Crippen LogP contribution in [0.1, 0.15) is 57.6 Å². The SMILES string of the molecule is CCC(CC)Nc1c([N+](=O)[O-])cc(C(C)C)c(CC=O)c1[N+](=O)[O-]. The average Bonchev–Trinajstić information content (AvgIpc) is 2.51. The van der Waals surface area contributed by atoms with Crippen LogP contribution in [0.4, 0.5) is 17.1 Å². The molecule has 0 aliphatic rings. The molecule has 0 amide bonds. The Morgan fingerprint density at radius 1 is 1.17 bits per heavy atom. The molecule has 1 aromatic rings. The fraction of sp³-hybridized carbons (Fsp3) is 0.562. The lowest BCUT2D eigenvalue weighted by molar-refractivity contribution is -0.392. The van der Waals surface area contributed by atoms with Crippen LogP contribution in [-0.2, 0) is 11.2 Å². The van der Waals surface area contributed by atoms with Gasteiger partial charge in [0.1, 0.15) is 6.29 Å². The van der Waals surface area contributed by atoms with Gasteiger partial charge in [0.05, 0.1) is 9.85 Å². The summed E-state index contributed by atoms with van der Waals surface area (Å²) in [5.41, 5.74) is -0.113. The van der Waals surface area contributed by atoms with Crippen molar-refractivity contribution in [3.05, 3.63) is 37.4 Å². The quantitative estimate of drug-likeness (QED) is 0.414. The first kappa shape index (κ1) is 19.5. The van der Waals surface area contributed by atoms with E-state index in [4.69, 9.17) is 0 Å². The summed E-state index contributed by atoms with van der Waals surface area (Å²) in [6.45, 7) is 7.36. The third-order valence-electron chi connectivity index (χ3n) is 4.04. The maximum Gasteiger partial charge on any atom is 0.303 e. The molecule has 1 N–H and O–H groups in total. The number of anilines is 1. The molecule has 132 valence electrons. The lowest BCUT2D eigenvalue weighted by Gasteiger charge is -2.19. The molecular formula is C16H23N3O5. The Morgan fingerprint density at radius 3 is 2.12 bits per heavy atom. The maximum atomic E-state index is 11.7. The van der Waals surface area contributed by atoms with Crippen molar-refractivity contribution >= 4 is 23.3 Å². The molecule has 24 heavy (non-hydrogen) atoms. The molecule has 0 saturated heterocycles. The smallest absolute Gasteiger partial charge is 0.303 e. The van der Waals surface area contributed by atoms with Gasteiger partial charge in [0, 0.05) is 24.1 Å². The minimum absolute atomic E-state index is 0.111. The third-order valence-corrected chi connectivity index (χ3v) is 4.04. The minimum Gasteiger partial charge on any atom is -0.371 e. The number of carbonyl (C=O) groups excluding carboxylic acids is 1. The van der Waals surface area contributed by atoms with Crippen LogP contribution in [0.2, 0.25) is 0 Å². The number of aldehydes is 1. The fourth-order valence-electron chi connectivity index (χ4n) is 2.71. The molecule has 0 radical (unpaired) electrons. The van der Waals surface area contributed by atoms with Crippen LogP contribution in [-0.4, -0.2) is 22.2 Å². The highest BCUT2D eigenvalue weighted by Crippen LogP contribution is 2.42. The van der Waals surface area contributed by atoms with Gasteiger partial charge in [0.15, 0.2) is 5.69 Å². The second-order valence-electron chi connectivity index (χ2n) is 5.88. The summed E-state index contributed by atoms with van der Waals surface area (Å²) in [6, 6.07) is 1.22. The van der Waals surface area contributed by atoms with Gasteiger partial charge < -0.3 is 10.1 Å². The zero-order chi connectivity index (χ0) is 18.4. The van der Waals surface area contributed by atoms with E-state index in [2.05, 4.69) is 5.32 Å². The van der Waals surface area contributed by atoms with E-state index in [-0.39, 0.29) is 41.0 Å². The zero-order valence-electron chi connectivity index (χ0n) is 14.4. The first-order chi connectivity index (χ1) is 11.3. The zero-order valence-corrected chi connectivity index (χ0v) is 14.4. The van der Waals surface area contributed by atoms with E-state index in [0.717, 1.165) is 0 Å². The molecule has 1 aromatic carbocycles. The van der Waals surface area contributed by atoms with E-state index in [9.17, 15) is 25.0 Å². The Bertz CT molecular complexity index is 639. The van der Waals surface area contributed by atoms with Crippen LogP contribution in [0, 0.1) is 20.2 Å². The van der Waals surface area contributed by atoms with Crippen molar-refractivity contribution in [2.24, 2.45) is 0 Å². The highest BCUT2D eigenvalue weighted by molar-refractivity contribution is 5.80. The number of carbonyl (C=O) groups is 1. The van der Waals surface area contributed by atoms with Crippen LogP contribution >= 0.6 is 0 Å². The molecule has 0 unspecified atom stereocenters. The number of rotatable bonds is 9. The first-order valence-electron chi connectivity index (χ1n) is 7.97. The summed E-state index contributed by atoms with van der Waals surface area (Å²) >= 11 is 0. The molecule has 0 aliphatic heterocycles. The predicted octanol–water partition coefficient (Wildman–Crippen LogP) is 3.97. The summed E-state index contributed by atoms with van der Waals surface area (Å²) in [5.74, 6) is -0.181. The van der Waals surface area contributed by atoms with Gasteiger partial charge in [-0.15, -0.1) is 0 Å². The number of nitrogens with one attached hydrogen (secondary N) is 1. The van der Waals surface area contributed by atoms with Gasteiger partial charge in [0.2, 0.25) is 0 Å². The van der Waals surface area contributed by atoms with E-state index in [0.29, 0.717) is 24.7 Å². The van der Waals surface area contributed by atoms with Gasteiger partial charge in [-0.2, -0.15) is 0 Å². The van der Waals surface area contributed by atoms with Gasteiger partial charge in [-0.1, -0.05) is 27.7 Å². The maximum absolute atomic E-state index is 11.7. The van der Waals surface area contributed by atoms with Gasteiger partial charge >= 0.3 is 5.69 Å². The molecular weight excluding hydrogens is 314 g/mol. The largest absolute Gasteiger partial charge is 0.371 e. The molecule has 8 nitrogen and oxygen atoms in total. The molecule has 0 fully saturated rings. The lowest BCUT2D eigenvalue weighted by atomic mass is 9.92. The van der Waals surface area contributed by atoms with E-state index in [1.807, 2.05) is 13.8 Å². The van der Waals surface area contributed by atoms with Crippen molar-refractivity contribution in [3.63, 3.8) is 0 Å². The van der Waals surface area contributed by atoms with E-state index in [1.54, 1.807) is 13.8 Å². The first-order valence-corrected chi connectivity index (χ1v) is 7.97. The Morgan fingerprint density at radius 2 is 1.75 bits per heavy atom. The van der Waals surface area contributed by atoms with Crippen molar-refractivity contribution in [2.75, 3.05) is 5.32 Å². The topological polar surface area (TPSA) is 115 Å². The lowest BCUT2D eigenvalue weighted by Crippen LogP contribution is -2.20. The molecule has 0 saturated carbocycles. The molecule has 0 aromatic heterocycles. The summed E-state index contributed by atoms with van der Waals surface area (Å²) < 4.78 is 0. The van der Waals surface area contributed by atoms with Crippen LogP contribution in [0.5, 0.6) is 0 Å². The van der Waals surface area contributed by atoms with Gasteiger partial charge in [-0.25, -0.2) is 0 Å². The Hall–Kier alpha value is -2.51. The van der Waals surface area contributed by atoms with Crippen molar-refractivity contribution in [2.45, 2.75) is 58.9 Å². The molecule has 0 bridgehead atoms. The van der Waals surface area contributed by atoms with Gasteiger partial charge in [0.25, 0.3) is 5.69 Å². The Kier molecular flexibility index (Phi) is 6.82. The van der Waals surface area contributed by atoms with E-state index >= 15 is 0 Å². The molecule has 1 rings (SSSR count). The van der Waals surface area contributed by atoms with Crippen LogP contribution in [0.3, 0.4) is 0 Å². The molecule has 0 atom stereocenters. The highest BCUT2D eigenvalue weighted by atomic mass is 16.6. The predicted molar refractivity (Wildman–Crippen MR) is 91.6 cm³/mol. The van der Waals surface area contributed by atoms with Crippen molar-refractivity contribution < 1.29 is 14.6 Å². The molecule has 8 heteroatoms. The number of hydrogen-bond donors (Lipinski definition) is 1. The monoisotopic (exact) mass is 337 g/mol. The summed E-state index contributed by atoms with van der Waals surface area (Å²) in [5, 5.41) is 26.1. The van der Waals surface area contributed by atoms with Gasteiger partial charge in [-0.05, 0) is 24.3 Å². The second kappa shape index (κ2) is 8.37. The molecule has 0 aliphatic carbocycles. The van der Waals surface area contributed by atoms with E-state index < -0.39 is 9.85 Å². The van der Waals surface area contributed by atoms with Crippen molar-refractivity contribution in [1.29, 1.82) is 0 Å². The fourth-order valence-corrected chi connectivity index (χ4v) is 2.71. The van der Waals surface area contributed by atoms with Crippen LogP contribution in [0.25, 0.3) is 0 Å². The van der Waals surface area contributed by atoms with Crippen molar-refractivity contribution in [1.82, 2.24) is 0 Å². The minimum atomic E-state index is -0.636. The van der Waals surface area contributed by atoms with Gasteiger partial charge in [-0.3, -0.25) is 20.2 Å². The summed E-state index contributed by atoms with van der Waals surface area (Å²) in [4.78, 5) is 32.9. The molecule has 0 spiro atoms. The number of benzene rings is 1. The third kappa shape index (κ3) is 4.06. The number of nitro groups is 2. The molecule has 0 heterocycles. The number of nitrogens with zero attached hydrogens (tertiary/aromatic N) is 2. The standard InChI is InChI=1S/C16H23N3O5/c1-5-11(6-2)17-15-14(18(21)22)9-13(10(3)4)12(7-8-20)16(15)19(23)24/h8-11,17H,5-7H2,1-4H3.